The second-order valence-corrected chi connectivity index (χ2v) is 9.81. The Hall–Kier alpha value is -5.08. The van der Waals surface area contributed by atoms with Gasteiger partial charge in [0, 0.05) is 29.7 Å². The number of hydrogen-bond acceptors (Lipinski definition) is 2. The number of allylic oxidation sites excluding steroid dienone is 12. The minimum Gasteiger partial charge on any atom is -0.363 e. The molecule has 2 nitrogen and oxygen atoms in total. The summed E-state index contributed by atoms with van der Waals surface area (Å²) in [7, 11) is 0. The van der Waals surface area contributed by atoms with Crippen LogP contribution in [0.2, 0.25) is 0 Å². The highest BCUT2D eigenvalue weighted by atomic mass is 15.2. The fourth-order valence-electron chi connectivity index (χ4n) is 4.68. The first-order chi connectivity index (χ1) is 20.1. The fourth-order valence-corrected chi connectivity index (χ4v) is 4.68. The molecule has 0 bridgehead atoms. The van der Waals surface area contributed by atoms with Crippen LogP contribution in [-0.4, -0.2) is 0 Å². The van der Waals surface area contributed by atoms with E-state index in [9.17, 15) is 0 Å². The first-order valence-electron chi connectivity index (χ1n) is 13.9. The van der Waals surface area contributed by atoms with Crippen molar-refractivity contribution < 1.29 is 0 Å². The predicted molar refractivity (Wildman–Crippen MR) is 180 cm³/mol. The average Bonchev–Trinajstić information content (AvgIpc) is 3.00. The van der Waals surface area contributed by atoms with Gasteiger partial charge in [-0.3, -0.25) is 0 Å². The molecule has 1 aliphatic carbocycles. The van der Waals surface area contributed by atoms with Gasteiger partial charge in [-0.05, 0) is 60.4 Å². The molecular formula is C39H38N2. The largest absolute Gasteiger partial charge is 0.363 e. The Balaban J connectivity index is 1.62. The van der Waals surface area contributed by atoms with E-state index >= 15 is 0 Å². The van der Waals surface area contributed by atoms with Crippen molar-refractivity contribution in [1.82, 2.24) is 5.32 Å². The van der Waals surface area contributed by atoms with Crippen LogP contribution in [0.15, 0.2) is 175 Å². The highest BCUT2D eigenvalue weighted by molar-refractivity contribution is 5.77. The quantitative estimate of drug-likeness (QED) is 0.246. The molecule has 41 heavy (non-hydrogen) atoms. The van der Waals surface area contributed by atoms with Crippen molar-refractivity contribution in [3.8, 4) is 0 Å². The van der Waals surface area contributed by atoms with Crippen molar-refractivity contribution in [2.45, 2.75) is 20.3 Å². The van der Waals surface area contributed by atoms with Crippen LogP contribution < -0.4 is 10.2 Å². The number of aryl methyl sites for hydroxylation is 1. The van der Waals surface area contributed by atoms with E-state index in [4.69, 9.17) is 0 Å². The maximum atomic E-state index is 3.86. The van der Waals surface area contributed by atoms with Gasteiger partial charge in [-0.25, -0.2) is 0 Å². The van der Waals surface area contributed by atoms with E-state index in [1.807, 2.05) is 24.3 Å². The summed E-state index contributed by atoms with van der Waals surface area (Å²) in [6, 6.07) is 27.4. The van der Waals surface area contributed by atoms with Crippen LogP contribution in [0.1, 0.15) is 30.0 Å². The van der Waals surface area contributed by atoms with Crippen molar-refractivity contribution in [1.29, 1.82) is 0 Å². The summed E-state index contributed by atoms with van der Waals surface area (Å²) < 4.78 is 0. The van der Waals surface area contributed by atoms with E-state index in [0.717, 1.165) is 40.3 Å². The van der Waals surface area contributed by atoms with Gasteiger partial charge in [-0.1, -0.05) is 140 Å². The second kappa shape index (κ2) is 14.9. The normalized spacial score (nSPS) is 14.9. The van der Waals surface area contributed by atoms with Gasteiger partial charge in [0.25, 0.3) is 0 Å². The summed E-state index contributed by atoms with van der Waals surface area (Å²) in [5.41, 5.74) is 10.3. The first-order valence-corrected chi connectivity index (χ1v) is 13.9. The molecule has 0 saturated carbocycles. The third kappa shape index (κ3) is 8.20. The van der Waals surface area contributed by atoms with Crippen molar-refractivity contribution in [3.63, 3.8) is 0 Å². The lowest BCUT2D eigenvalue weighted by Crippen LogP contribution is -2.18. The van der Waals surface area contributed by atoms with Gasteiger partial charge in [0.1, 0.15) is 0 Å². The molecule has 3 aromatic rings. The monoisotopic (exact) mass is 534 g/mol. The molecule has 4 rings (SSSR count). The van der Waals surface area contributed by atoms with Crippen LogP contribution in [0.4, 0.5) is 11.4 Å². The van der Waals surface area contributed by atoms with Crippen LogP contribution in [0, 0.1) is 6.92 Å². The fraction of sp³-hybridized carbons (Fsp3) is 0.0769. The zero-order valence-corrected chi connectivity index (χ0v) is 24.0. The summed E-state index contributed by atoms with van der Waals surface area (Å²) in [5, 5.41) is 3.60. The van der Waals surface area contributed by atoms with Crippen LogP contribution in [-0.2, 0) is 0 Å². The molecule has 204 valence electrons. The van der Waals surface area contributed by atoms with E-state index in [1.165, 1.54) is 16.7 Å². The molecule has 0 unspecified atom stereocenters. The SMILES string of the molecule is C=C\C=C/C(/C=C/c1cccc(C)c1)=C1/C=CC=C(N/C=C(/C)N(c2ccccc2)c2ccccc2/C=C\C=C)C1. The third-order valence-corrected chi connectivity index (χ3v) is 6.68. The number of rotatable bonds is 11. The number of nitrogens with one attached hydrogen (secondary N) is 1. The number of para-hydroxylation sites is 2. The highest BCUT2D eigenvalue weighted by Crippen LogP contribution is 2.33. The summed E-state index contributed by atoms with van der Waals surface area (Å²) >= 11 is 0. The highest BCUT2D eigenvalue weighted by Gasteiger charge is 2.14. The summed E-state index contributed by atoms with van der Waals surface area (Å²) in [6.45, 7) is 12.0. The van der Waals surface area contributed by atoms with E-state index in [2.05, 4.69) is 159 Å². The average molecular weight is 535 g/mol. The summed E-state index contributed by atoms with van der Waals surface area (Å²) in [6.07, 6.45) is 25.4. The van der Waals surface area contributed by atoms with E-state index in [-0.39, 0.29) is 0 Å². The maximum Gasteiger partial charge on any atom is 0.0531 e. The Morgan fingerprint density at radius 2 is 1.63 bits per heavy atom. The lowest BCUT2D eigenvalue weighted by molar-refractivity contribution is 0.939. The van der Waals surface area contributed by atoms with Crippen molar-refractivity contribution in [3.05, 3.63) is 192 Å². The van der Waals surface area contributed by atoms with E-state index in [0.29, 0.717) is 0 Å². The van der Waals surface area contributed by atoms with Gasteiger partial charge in [-0.15, -0.1) is 0 Å². The molecule has 0 radical (unpaired) electrons. The number of benzene rings is 3. The predicted octanol–water partition coefficient (Wildman–Crippen LogP) is 10.4. The Morgan fingerprint density at radius 3 is 2.41 bits per heavy atom. The standard InChI is InChI=1S/C39H38N2/c1-5-7-18-34(27-26-33-17-14-16-31(3)28-33)36-21-15-22-37(29-36)40-30-32(4)41(38-23-10-9-11-24-38)39-25-13-12-20-35(39)19-8-6-2/h5-28,30,40H,1-2,29H2,3-4H3/b18-7-,19-8-,27-26+,32-30-,36-34+. The van der Waals surface area contributed by atoms with Gasteiger partial charge in [-0.2, -0.15) is 0 Å². The van der Waals surface area contributed by atoms with Crippen molar-refractivity contribution in [2.24, 2.45) is 0 Å². The maximum absolute atomic E-state index is 3.86. The lowest BCUT2D eigenvalue weighted by atomic mass is 9.97. The molecule has 1 aliphatic rings. The summed E-state index contributed by atoms with van der Waals surface area (Å²) in [5.74, 6) is 0. The lowest BCUT2D eigenvalue weighted by Gasteiger charge is -2.28. The molecule has 3 aromatic carbocycles. The molecule has 1 N–H and O–H groups in total. The molecule has 2 heteroatoms. The molecule has 0 atom stereocenters. The smallest absolute Gasteiger partial charge is 0.0531 e. The zero-order valence-electron chi connectivity index (χ0n) is 24.0. The van der Waals surface area contributed by atoms with Gasteiger partial charge in [0.2, 0.25) is 0 Å². The van der Waals surface area contributed by atoms with E-state index < -0.39 is 0 Å². The Kier molecular flexibility index (Phi) is 10.5. The van der Waals surface area contributed by atoms with Crippen LogP contribution in [0.25, 0.3) is 12.2 Å². The van der Waals surface area contributed by atoms with Crippen LogP contribution in [0.3, 0.4) is 0 Å². The van der Waals surface area contributed by atoms with E-state index in [1.54, 1.807) is 6.08 Å². The van der Waals surface area contributed by atoms with Gasteiger partial charge in [0.15, 0.2) is 0 Å². The van der Waals surface area contributed by atoms with Crippen LogP contribution in [0.5, 0.6) is 0 Å². The van der Waals surface area contributed by atoms with Gasteiger partial charge >= 0.3 is 0 Å². The Bertz CT molecular complexity index is 1570. The minimum atomic E-state index is 0.791. The molecule has 0 aliphatic heterocycles. The van der Waals surface area contributed by atoms with Gasteiger partial charge in [0.05, 0.1) is 5.69 Å². The van der Waals surface area contributed by atoms with Crippen LogP contribution >= 0.6 is 0 Å². The topological polar surface area (TPSA) is 15.3 Å². The first kappa shape index (κ1) is 28.9. The molecule has 0 amide bonds. The molecular weight excluding hydrogens is 496 g/mol. The number of hydrogen-bond donors (Lipinski definition) is 1. The molecule has 0 aromatic heterocycles. The van der Waals surface area contributed by atoms with Crippen molar-refractivity contribution >= 4 is 23.5 Å². The third-order valence-electron chi connectivity index (χ3n) is 6.68. The number of anilines is 2. The van der Waals surface area contributed by atoms with Crippen molar-refractivity contribution in [2.75, 3.05) is 4.90 Å². The Morgan fingerprint density at radius 1 is 0.854 bits per heavy atom. The van der Waals surface area contributed by atoms with Gasteiger partial charge < -0.3 is 10.2 Å². The second-order valence-electron chi connectivity index (χ2n) is 9.81. The number of nitrogens with zero attached hydrogens (tertiary/aromatic N) is 1. The molecule has 0 fully saturated rings. The zero-order chi connectivity index (χ0) is 28.9. The molecule has 0 saturated heterocycles. The Labute approximate surface area is 245 Å². The summed E-state index contributed by atoms with van der Waals surface area (Å²) in [4.78, 5) is 2.27. The minimum absolute atomic E-state index is 0.791. The molecule has 0 spiro atoms. The molecule has 0 heterocycles.